The first-order valence-electron chi connectivity index (χ1n) is 5.98. The van der Waals surface area contributed by atoms with E-state index in [1.54, 1.807) is 0 Å². The van der Waals surface area contributed by atoms with Crippen molar-refractivity contribution < 1.29 is 9.53 Å². The minimum absolute atomic E-state index is 0.0826. The van der Waals surface area contributed by atoms with Gasteiger partial charge in [-0.05, 0) is 37.5 Å². The summed E-state index contributed by atoms with van der Waals surface area (Å²) in [6.07, 6.45) is 1.38. The van der Waals surface area contributed by atoms with Crippen LogP contribution >= 0.6 is 11.6 Å². The lowest BCUT2D eigenvalue weighted by atomic mass is 9.98. The number of ether oxygens (including phenoxy) is 1. The van der Waals surface area contributed by atoms with Crippen LogP contribution in [-0.2, 0) is 0 Å². The average molecular weight is 255 g/mol. The van der Waals surface area contributed by atoms with Gasteiger partial charge in [0.2, 0.25) is 0 Å². The Balaban J connectivity index is 3.33. The number of halogens is 1. The highest BCUT2D eigenvalue weighted by atomic mass is 35.5. The van der Waals surface area contributed by atoms with Gasteiger partial charge in [-0.1, -0.05) is 25.4 Å². The fourth-order valence-corrected chi connectivity index (χ4v) is 2.01. The van der Waals surface area contributed by atoms with E-state index in [1.807, 2.05) is 33.8 Å². The molecule has 0 amide bonds. The van der Waals surface area contributed by atoms with Crippen LogP contribution in [0.4, 0.5) is 0 Å². The summed E-state index contributed by atoms with van der Waals surface area (Å²) in [5.41, 5.74) is 2.38. The number of carbonyl (C=O) groups is 1. The largest absolute Gasteiger partial charge is 0.493 e. The summed E-state index contributed by atoms with van der Waals surface area (Å²) in [6, 6.07) is 1.86. The van der Waals surface area contributed by atoms with Crippen molar-refractivity contribution in [2.45, 2.75) is 40.5 Å². The van der Waals surface area contributed by atoms with Crippen molar-refractivity contribution in [3.05, 3.63) is 27.8 Å². The Morgan fingerprint density at radius 1 is 1.35 bits per heavy atom. The Morgan fingerprint density at radius 3 is 2.53 bits per heavy atom. The molecule has 0 unspecified atom stereocenters. The highest BCUT2D eigenvalue weighted by molar-refractivity contribution is 6.32. The van der Waals surface area contributed by atoms with Crippen LogP contribution in [0.2, 0.25) is 5.02 Å². The maximum atomic E-state index is 12.0. The van der Waals surface area contributed by atoms with E-state index < -0.39 is 0 Å². The Bertz CT molecular complexity index is 425. The van der Waals surface area contributed by atoms with E-state index in [-0.39, 0.29) is 5.78 Å². The molecule has 0 bridgehead atoms. The fraction of sp³-hybridized carbons (Fsp3) is 0.500. The SMILES string of the molecule is CCCOc1c(C)cc(Cl)c(C)c1C(=O)CC. The summed E-state index contributed by atoms with van der Waals surface area (Å²) < 4.78 is 5.70. The minimum atomic E-state index is 0.0826. The topological polar surface area (TPSA) is 26.3 Å². The molecule has 1 aromatic carbocycles. The normalized spacial score (nSPS) is 10.4. The van der Waals surface area contributed by atoms with Crippen LogP contribution in [0.5, 0.6) is 5.75 Å². The molecule has 0 aromatic heterocycles. The van der Waals surface area contributed by atoms with Gasteiger partial charge in [0.1, 0.15) is 5.75 Å². The number of Topliss-reactive ketones (excluding diaryl/α,β-unsaturated/α-hetero) is 1. The molecule has 0 aliphatic carbocycles. The van der Waals surface area contributed by atoms with E-state index >= 15 is 0 Å². The molecule has 94 valence electrons. The molecule has 0 aliphatic heterocycles. The smallest absolute Gasteiger partial charge is 0.166 e. The van der Waals surface area contributed by atoms with Gasteiger partial charge in [0.05, 0.1) is 12.2 Å². The molecule has 0 radical (unpaired) electrons. The molecular formula is C14H19ClO2. The molecule has 0 spiro atoms. The molecular weight excluding hydrogens is 236 g/mol. The summed E-state index contributed by atoms with van der Waals surface area (Å²) in [5, 5.41) is 0.628. The van der Waals surface area contributed by atoms with Crippen molar-refractivity contribution in [1.29, 1.82) is 0 Å². The lowest BCUT2D eigenvalue weighted by molar-refractivity contribution is 0.0983. The number of carbonyl (C=O) groups excluding carboxylic acids is 1. The highest BCUT2D eigenvalue weighted by Crippen LogP contribution is 2.33. The van der Waals surface area contributed by atoms with Crippen LogP contribution in [0.1, 0.15) is 48.2 Å². The van der Waals surface area contributed by atoms with Gasteiger partial charge >= 0.3 is 0 Å². The molecule has 1 rings (SSSR count). The van der Waals surface area contributed by atoms with E-state index in [0.717, 1.165) is 17.5 Å². The number of ketones is 1. The predicted molar refractivity (Wildman–Crippen MR) is 71.3 cm³/mol. The highest BCUT2D eigenvalue weighted by Gasteiger charge is 2.18. The first-order chi connectivity index (χ1) is 8.02. The molecule has 0 atom stereocenters. The molecule has 1 aromatic rings. The van der Waals surface area contributed by atoms with Crippen LogP contribution in [0.25, 0.3) is 0 Å². The maximum Gasteiger partial charge on any atom is 0.166 e. The Labute approximate surface area is 108 Å². The quantitative estimate of drug-likeness (QED) is 0.731. The third-order valence-corrected chi connectivity index (χ3v) is 3.10. The van der Waals surface area contributed by atoms with Crippen molar-refractivity contribution >= 4 is 17.4 Å². The van der Waals surface area contributed by atoms with E-state index in [1.165, 1.54) is 0 Å². The third-order valence-electron chi connectivity index (χ3n) is 2.71. The summed E-state index contributed by atoms with van der Waals surface area (Å²) >= 11 is 6.12. The number of hydrogen-bond acceptors (Lipinski definition) is 2. The second-order valence-corrected chi connectivity index (χ2v) is 4.54. The van der Waals surface area contributed by atoms with Gasteiger partial charge in [-0.15, -0.1) is 0 Å². The van der Waals surface area contributed by atoms with Gasteiger partial charge in [-0.3, -0.25) is 4.79 Å². The average Bonchev–Trinajstić information content (AvgIpc) is 2.31. The van der Waals surface area contributed by atoms with Crippen LogP contribution in [0.3, 0.4) is 0 Å². The zero-order valence-electron chi connectivity index (χ0n) is 10.9. The molecule has 17 heavy (non-hydrogen) atoms. The lowest BCUT2D eigenvalue weighted by Crippen LogP contribution is -2.08. The monoisotopic (exact) mass is 254 g/mol. The minimum Gasteiger partial charge on any atom is -0.493 e. The Kier molecular flexibility index (Phi) is 5.01. The van der Waals surface area contributed by atoms with E-state index in [0.29, 0.717) is 29.4 Å². The Morgan fingerprint density at radius 2 is 2.00 bits per heavy atom. The van der Waals surface area contributed by atoms with E-state index in [2.05, 4.69) is 0 Å². The molecule has 0 N–H and O–H groups in total. The zero-order valence-corrected chi connectivity index (χ0v) is 11.6. The zero-order chi connectivity index (χ0) is 13.0. The van der Waals surface area contributed by atoms with Gasteiger partial charge in [-0.2, -0.15) is 0 Å². The molecule has 3 heteroatoms. The van der Waals surface area contributed by atoms with Crippen LogP contribution in [-0.4, -0.2) is 12.4 Å². The molecule has 0 heterocycles. The Hall–Kier alpha value is -1.02. The first-order valence-corrected chi connectivity index (χ1v) is 6.36. The number of rotatable bonds is 5. The number of hydrogen-bond donors (Lipinski definition) is 0. The van der Waals surface area contributed by atoms with Crippen LogP contribution < -0.4 is 4.74 Å². The van der Waals surface area contributed by atoms with Gasteiger partial charge in [0.15, 0.2) is 5.78 Å². The van der Waals surface area contributed by atoms with Gasteiger partial charge in [0, 0.05) is 11.4 Å². The second kappa shape index (κ2) is 6.06. The van der Waals surface area contributed by atoms with Crippen molar-refractivity contribution in [3.8, 4) is 5.75 Å². The number of benzene rings is 1. The molecule has 0 fully saturated rings. The van der Waals surface area contributed by atoms with Gasteiger partial charge < -0.3 is 4.74 Å². The molecule has 0 saturated carbocycles. The predicted octanol–water partition coefficient (Wildman–Crippen LogP) is 4.34. The summed E-state index contributed by atoms with van der Waals surface area (Å²) in [4.78, 5) is 12.0. The molecule has 0 aliphatic rings. The number of aryl methyl sites for hydroxylation is 1. The lowest BCUT2D eigenvalue weighted by Gasteiger charge is -2.16. The maximum absolute atomic E-state index is 12.0. The standard InChI is InChI=1S/C14H19ClO2/c1-5-7-17-14-9(3)8-11(15)10(4)13(14)12(16)6-2/h8H,5-7H2,1-4H3. The van der Waals surface area contributed by atoms with Gasteiger partial charge in [-0.25, -0.2) is 0 Å². The van der Waals surface area contributed by atoms with Gasteiger partial charge in [0.25, 0.3) is 0 Å². The van der Waals surface area contributed by atoms with Crippen LogP contribution in [0.15, 0.2) is 6.07 Å². The summed E-state index contributed by atoms with van der Waals surface area (Å²) in [6.45, 7) is 8.29. The molecule has 2 nitrogen and oxygen atoms in total. The first kappa shape index (κ1) is 14.0. The van der Waals surface area contributed by atoms with E-state index in [4.69, 9.17) is 16.3 Å². The van der Waals surface area contributed by atoms with Crippen LogP contribution in [0, 0.1) is 13.8 Å². The fourth-order valence-electron chi connectivity index (χ4n) is 1.75. The summed E-state index contributed by atoms with van der Waals surface area (Å²) in [7, 11) is 0. The van der Waals surface area contributed by atoms with Crippen molar-refractivity contribution in [3.63, 3.8) is 0 Å². The van der Waals surface area contributed by atoms with Crippen molar-refractivity contribution in [2.24, 2.45) is 0 Å². The second-order valence-electron chi connectivity index (χ2n) is 4.13. The third kappa shape index (κ3) is 3.01. The van der Waals surface area contributed by atoms with Crippen molar-refractivity contribution in [2.75, 3.05) is 6.61 Å². The van der Waals surface area contributed by atoms with Crippen molar-refractivity contribution in [1.82, 2.24) is 0 Å². The molecule has 0 saturated heterocycles. The van der Waals surface area contributed by atoms with E-state index in [9.17, 15) is 4.79 Å². The summed E-state index contributed by atoms with van der Waals surface area (Å²) in [5.74, 6) is 0.778.